The highest BCUT2D eigenvalue weighted by atomic mass is 32.2. The smallest absolute Gasteiger partial charge is 0.185 e. The number of rotatable bonds is 19. The average Bonchev–Trinajstić information content (AvgIpc) is 3.11. The van der Waals surface area contributed by atoms with Crippen LogP contribution < -0.4 is 0 Å². The van der Waals surface area contributed by atoms with Gasteiger partial charge in [0.25, 0.3) is 0 Å². The summed E-state index contributed by atoms with van der Waals surface area (Å²) in [5, 5.41) is 6.41. The first-order chi connectivity index (χ1) is 25.0. The zero-order chi connectivity index (χ0) is 39.2. The molecule has 0 heterocycles. The molecule has 286 valence electrons. The Balaban J connectivity index is 2.12. The van der Waals surface area contributed by atoms with E-state index in [1.165, 1.54) is 29.8 Å². The maximum absolute atomic E-state index is 14.3. The van der Waals surface area contributed by atoms with Crippen molar-refractivity contribution in [1.29, 1.82) is 0 Å². The summed E-state index contributed by atoms with van der Waals surface area (Å²) in [5.74, 6) is 0. The lowest BCUT2D eigenvalue weighted by Gasteiger charge is -2.21. The lowest BCUT2D eigenvalue weighted by molar-refractivity contribution is 0.341. The van der Waals surface area contributed by atoms with Crippen LogP contribution in [0.25, 0.3) is 0 Å². The number of hydrogen-bond acceptors (Lipinski definition) is 7. The largest absolute Gasteiger partial charge is 0.392 e. The van der Waals surface area contributed by atoms with Crippen LogP contribution in [0.2, 0.25) is 0 Å². The highest BCUT2D eigenvalue weighted by Crippen LogP contribution is 2.30. The fraction of sp³-hybridized carbons (Fsp3) is 0.349. The Bertz CT molecular complexity index is 2130. The molecule has 0 saturated carbocycles. The van der Waals surface area contributed by atoms with Gasteiger partial charge in [-0.3, -0.25) is 0 Å². The van der Waals surface area contributed by atoms with Crippen LogP contribution in [0.1, 0.15) is 73.6 Å². The molecule has 0 bridgehead atoms. The molecule has 0 saturated heterocycles. The number of benzene rings is 3. The monoisotopic (exact) mass is 778 g/mol. The normalized spacial score (nSPS) is 15.5. The molecule has 0 aromatic heterocycles. The first-order valence-electron chi connectivity index (χ1n) is 17.8. The van der Waals surface area contributed by atoms with E-state index in [0.717, 1.165) is 12.0 Å². The molecule has 0 radical (unpaired) electrons. The van der Waals surface area contributed by atoms with E-state index in [0.29, 0.717) is 23.1 Å². The van der Waals surface area contributed by atoms with Crippen molar-refractivity contribution in [2.45, 2.75) is 104 Å². The number of allylic oxidation sites excluding steroid dienone is 6. The first kappa shape index (κ1) is 43.6. The van der Waals surface area contributed by atoms with E-state index in [1.54, 1.807) is 112 Å². The molecule has 0 fully saturated rings. The van der Waals surface area contributed by atoms with Gasteiger partial charge in [-0.1, -0.05) is 113 Å². The fourth-order valence-electron chi connectivity index (χ4n) is 6.08. The highest BCUT2D eigenvalue weighted by Gasteiger charge is 2.31. The van der Waals surface area contributed by atoms with Crippen molar-refractivity contribution < 1.29 is 30.4 Å². The lowest BCUT2D eigenvalue weighted by atomic mass is 10.0. The summed E-state index contributed by atoms with van der Waals surface area (Å²) in [6, 6.07) is 24.4. The predicted octanol–water partition coefficient (Wildman–Crippen LogP) is 9.21. The molecule has 0 aliphatic carbocycles. The van der Waals surface area contributed by atoms with Gasteiger partial charge in [0.1, 0.15) is 0 Å². The molecule has 0 aliphatic heterocycles. The summed E-state index contributed by atoms with van der Waals surface area (Å²) in [6.07, 6.45) is 10.3. The zero-order valence-corrected chi connectivity index (χ0v) is 34.1. The van der Waals surface area contributed by atoms with Crippen LogP contribution >= 0.6 is 0 Å². The van der Waals surface area contributed by atoms with E-state index in [2.05, 4.69) is 6.08 Å². The van der Waals surface area contributed by atoms with Crippen LogP contribution in [0.15, 0.2) is 164 Å². The van der Waals surface area contributed by atoms with E-state index in [9.17, 15) is 30.4 Å². The van der Waals surface area contributed by atoms with Gasteiger partial charge in [0.2, 0.25) is 0 Å². The van der Waals surface area contributed by atoms with Gasteiger partial charge in [0.05, 0.1) is 37.0 Å². The first-order valence-corrected chi connectivity index (χ1v) is 22.4. The van der Waals surface area contributed by atoms with Crippen molar-refractivity contribution in [3.8, 4) is 0 Å². The molecular formula is C43H54O7S3. The Hall–Kier alpha value is -3.83. The maximum atomic E-state index is 14.3. The van der Waals surface area contributed by atoms with E-state index in [4.69, 9.17) is 0 Å². The van der Waals surface area contributed by atoms with Gasteiger partial charge in [0.15, 0.2) is 29.5 Å². The lowest BCUT2D eigenvalue weighted by Crippen LogP contribution is -2.24. The van der Waals surface area contributed by atoms with Crippen LogP contribution in [-0.4, -0.2) is 52.7 Å². The maximum Gasteiger partial charge on any atom is 0.185 e. The van der Waals surface area contributed by atoms with E-state index >= 15 is 0 Å². The van der Waals surface area contributed by atoms with Gasteiger partial charge < -0.3 is 5.11 Å². The van der Waals surface area contributed by atoms with Crippen molar-refractivity contribution in [3.05, 3.63) is 149 Å². The third kappa shape index (κ3) is 12.9. The van der Waals surface area contributed by atoms with Crippen molar-refractivity contribution >= 4 is 29.5 Å². The minimum absolute atomic E-state index is 0.0220. The Morgan fingerprint density at radius 1 is 0.491 bits per heavy atom. The molecule has 3 rings (SSSR count). The molecule has 3 atom stereocenters. The minimum Gasteiger partial charge on any atom is -0.392 e. The van der Waals surface area contributed by atoms with Gasteiger partial charge in [0, 0.05) is 0 Å². The summed E-state index contributed by atoms with van der Waals surface area (Å²) in [7, 11) is -11.7. The number of sulfone groups is 3. The molecule has 0 amide bonds. The van der Waals surface area contributed by atoms with Crippen molar-refractivity contribution in [2.75, 3.05) is 6.61 Å². The van der Waals surface area contributed by atoms with Crippen LogP contribution in [0.4, 0.5) is 0 Å². The van der Waals surface area contributed by atoms with E-state index < -0.39 is 45.3 Å². The fourth-order valence-corrected chi connectivity index (χ4v) is 11.4. The third-order valence-corrected chi connectivity index (χ3v) is 15.0. The molecule has 0 aliphatic rings. The highest BCUT2D eigenvalue weighted by molar-refractivity contribution is 7.92. The molecular weight excluding hydrogens is 725 g/mol. The molecule has 10 heteroatoms. The summed E-state index contributed by atoms with van der Waals surface area (Å²) in [4.78, 5) is 0.444. The molecule has 3 aromatic rings. The minimum atomic E-state index is -4.00. The number of aliphatic hydroxyl groups is 1. The SMILES string of the molecule is CC(C)=CCC/C(C)=C/C(C/C(C)=C/C(C/C(C)=C/C(C/C(C)=C/CO)S(=O)(=O)c1ccccc1)S(=O)(=O)c1ccccc1)S(=O)(=O)c1ccccc1. The number of aliphatic hydroxyl groups excluding tert-OH is 1. The Labute approximate surface area is 318 Å². The van der Waals surface area contributed by atoms with Gasteiger partial charge in [-0.05, 0) is 110 Å². The third-order valence-electron chi connectivity index (χ3n) is 8.92. The van der Waals surface area contributed by atoms with Crippen LogP contribution in [0.3, 0.4) is 0 Å². The summed E-state index contributed by atoms with van der Waals surface area (Å²) in [6.45, 7) is 10.9. The predicted molar refractivity (Wildman–Crippen MR) is 217 cm³/mol. The average molecular weight is 779 g/mol. The van der Waals surface area contributed by atoms with Gasteiger partial charge >= 0.3 is 0 Å². The van der Waals surface area contributed by atoms with Crippen LogP contribution in [-0.2, 0) is 29.5 Å². The van der Waals surface area contributed by atoms with Crippen molar-refractivity contribution in [3.63, 3.8) is 0 Å². The second-order valence-corrected chi connectivity index (χ2v) is 20.4. The topological polar surface area (TPSA) is 123 Å². The zero-order valence-electron chi connectivity index (χ0n) is 31.6. The molecule has 0 spiro atoms. The second-order valence-electron chi connectivity index (χ2n) is 13.9. The standard InChI is InChI=1S/C43H54O7S3/c1-33(2)17-16-18-34(3)27-41(51(45,46)38-19-10-7-11-20-38)29-36(5)31-43(53(49,50)40-23-14-9-15-24-40)32-37(6)30-42(28-35(4)25-26-44)52(47,48)39-21-12-8-13-22-39/h7-15,17,19-25,27,30-31,41-44H,16,18,26,28-29,32H2,1-6H3/b34-27+,35-25+,36-31+,37-30+. The molecule has 7 nitrogen and oxygen atoms in total. The summed E-state index contributed by atoms with van der Waals surface area (Å²) >= 11 is 0. The Kier molecular flexibility index (Phi) is 16.5. The quantitative estimate of drug-likeness (QED) is 0.120. The van der Waals surface area contributed by atoms with Crippen molar-refractivity contribution in [2.24, 2.45) is 0 Å². The molecule has 3 unspecified atom stereocenters. The van der Waals surface area contributed by atoms with Gasteiger partial charge in [-0.2, -0.15) is 0 Å². The van der Waals surface area contributed by atoms with E-state index in [1.807, 2.05) is 20.8 Å². The molecule has 3 aromatic carbocycles. The molecule has 53 heavy (non-hydrogen) atoms. The second kappa shape index (κ2) is 20.0. The van der Waals surface area contributed by atoms with Gasteiger partial charge in [-0.25, -0.2) is 25.3 Å². The number of hydrogen-bond donors (Lipinski definition) is 1. The van der Waals surface area contributed by atoms with Crippen LogP contribution in [0, 0.1) is 0 Å². The Morgan fingerprint density at radius 3 is 1.13 bits per heavy atom. The van der Waals surface area contributed by atoms with E-state index in [-0.39, 0.29) is 40.6 Å². The molecule has 1 N–H and O–H groups in total. The van der Waals surface area contributed by atoms with Crippen LogP contribution in [0.5, 0.6) is 0 Å². The van der Waals surface area contributed by atoms with Crippen molar-refractivity contribution in [1.82, 2.24) is 0 Å². The summed E-state index contributed by atoms with van der Waals surface area (Å²) < 4.78 is 84.4. The summed E-state index contributed by atoms with van der Waals surface area (Å²) in [5.41, 5.74) is 3.91. The van der Waals surface area contributed by atoms with Gasteiger partial charge in [-0.15, -0.1) is 0 Å². The Morgan fingerprint density at radius 2 is 0.811 bits per heavy atom.